The molecule has 0 amide bonds. The maximum absolute atomic E-state index is 6.64. The van der Waals surface area contributed by atoms with Crippen molar-refractivity contribution in [1.29, 1.82) is 0 Å². The molecule has 0 radical (unpaired) electrons. The number of hydrogen-bond acceptors (Lipinski definition) is 3. The van der Waals surface area contributed by atoms with Crippen molar-refractivity contribution in [3.05, 3.63) is 107 Å². The summed E-state index contributed by atoms with van der Waals surface area (Å²) in [5.74, 6) is 3.47. The highest BCUT2D eigenvalue weighted by Crippen LogP contribution is 2.40. The molecule has 4 aromatic carbocycles. The Bertz CT molecular complexity index is 1720. The minimum Gasteiger partial charge on any atom is -0.458 e. The van der Waals surface area contributed by atoms with Crippen molar-refractivity contribution >= 4 is 23.1 Å². The van der Waals surface area contributed by atoms with E-state index in [4.69, 9.17) is 14.5 Å². The molecule has 178 valence electrons. The van der Waals surface area contributed by atoms with E-state index < -0.39 is 0 Å². The molecule has 0 fully saturated rings. The van der Waals surface area contributed by atoms with Crippen LogP contribution in [0.15, 0.2) is 85.1 Å². The molecule has 0 aliphatic carbocycles. The van der Waals surface area contributed by atoms with E-state index in [1.54, 1.807) is 0 Å². The van der Waals surface area contributed by atoms with Crippen LogP contribution in [0.1, 0.15) is 22.3 Å². The van der Waals surface area contributed by atoms with Crippen molar-refractivity contribution in [2.45, 2.75) is 27.7 Å². The molecular weight excluding hydrogens is 453 g/mol. The zero-order valence-corrected chi connectivity index (χ0v) is 21.4. The highest BCUT2D eigenvalue weighted by Gasteiger charge is 2.40. The summed E-state index contributed by atoms with van der Waals surface area (Å²) in [6.07, 6.45) is 1.99. The van der Waals surface area contributed by atoms with Gasteiger partial charge in [0.1, 0.15) is 23.0 Å². The Morgan fingerprint density at radius 2 is 1.30 bits per heavy atom. The van der Waals surface area contributed by atoms with Gasteiger partial charge in [0, 0.05) is 17.2 Å². The molecule has 1 aromatic heterocycles. The van der Waals surface area contributed by atoms with Gasteiger partial charge >= 0.3 is 0 Å². The van der Waals surface area contributed by atoms with E-state index in [9.17, 15) is 0 Å². The summed E-state index contributed by atoms with van der Waals surface area (Å²) in [5.41, 5.74) is 12.8. The second kappa shape index (κ2) is 8.11. The first-order valence-corrected chi connectivity index (χ1v) is 12.8. The van der Waals surface area contributed by atoms with Crippen LogP contribution in [0.3, 0.4) is 0 Å². The predicted molar refractivity (Wildman–Crippen MR) is 152 cm³/mol. The molecule has 0 bridgehead atoms. The quantitative estimate of drug-likeness (QED) is 0.270. The van der Waals surface area contributed by atoms with Crippen LogP contribution in [-0.2, 0) is 0 Å². The fourth-order valence-corrected chi connectivity index (χ4v) is 6.15. The standard InChI is InChI=1S/C33H26BNO2/c1-19-15-20(2)31(21(3)16-19)24-17-27(35-18-22(24)4)23-9-7-11-26-33(23)37-30-14-8-13-29-32(30)34(26)25-10-5-6-12-28(25)36-29/h5-18H,1-4H3. The SMILES string of the molecule is Cc1cc(C)c(-c2cc(-c3cccc4c3Oc3cccc5c3B4c3ccccc3O5)ncc2C)c(C)c1. The van der Waals surface area contributed by atoms with Crippen molar-refractivity contribution in [3.8, 4) is 45.4 Å². The lowest BCUT2D eigenvalue weighted by Gasteiger charge is -2.33. The first kappa shape index (κ1) is 21.9. The van der Waals surface area contributed by atoms with E-state index in [-0.39, 0.29) is 6.71 Å². The van der Waals surface area contributed by atoms with Crippen molar-refractivity contribution in [3.63, 3.8) is 0 Å². The van der Waals surface area contributed by atoms with Crippen molar-refractivity contribution in [2.24, 2.45) is 0 Å². The monoisotopic (exact) mass is 479 g/mol. The number of ether oxygens (including phenoxy) is 2. The Labute approximate surface area is 217 Å². The zero-order valence-electron chi connectivity index (χ0n) is 21.4. The number of benzene rings is 4. The maximum atomic E-state index is 6.64. The van der Waals surface area contributed by atoms with Gasteiger partial charge in [-0.1, -0.05) is 54.1 Å². The van der Waals surface area contributed by atoms with Gasteiger partial charge in [0.15, 0.2) is 0 Å². The molecule has 0 saturated heterocycles. The van der Waals surface area contributed by atoms with Gasteiger partial charge in [-0.05, 0) is 96.8 Å². The number of para-hydroxylation sites is 2. The molecule has 3 nitrogen and oxygen atoms in total. The number of pyridine rings is 1. The van der Waals surface area contributed by atoms with Crippen molar-refractivity contribution < 1.29 is 9.47 Å². The summed E-state index contributed by atoms with van der Waals surface area (Å²) >= 11 is 0. The van der Waals surface area contributed by atoms with Gasteiger partial charge in [0.2, 0.25) is 0 Å². The van der Waals surface area contributed by atoms with Crippen LogP contribution in [0, 0.1) is 27.7 Å². The highest BCUT2D eigenvalue weighted by molar-refractivity contribution is 6.98. The summed E-state index contributed by atoms with van der Waals surface area (Å²) in [4.78, 5) is 4.90. The Morgan fingerprint density at radius 3 is 2.11 bits per heavy atom. The van der Waals surface area contributed by atoms with Crippen LogP contribution >= 0.6 is 0 Å². The topological polar surface area (TPSA) is 31.4 Å². The number of aryl methyl sites for hydroxylation is 4. The van der Waals surface area contributed by atoms with Crippen LogP contribution in [0.4, 0.5) is 0 Å². The molecule has 7 rings (SSSR count). The first-order chi connectivity index (χ1) is 18.0. The smallest absolute Gasteiger partial charge is 0.260 e. The summed E-state index contributed by atoms with van der Waals surface area (Å²) in [5, 5.41) is 0. The number of aromatic nitrogens is 1. The number of fused-ring (bicyclic) bond motifs is 4. The molecule has 2 aliphatic heterocycles. The van der Waals surface area contributed by atoms with Gasteiger partial charge in [-0.2, -0.15) is 0 Å². The molecule has 37 heavy (non-hydrogen) atoms. The lowest BCUT2D eigenvalue weighted by Crippen LogP contribution is -2.57. The van der Waals surface area contributed by atoms with Gasteiger partial charge in [0.05, 0.1) is 5.69 Å². The van der Waals surface area contributed by atoms with Crippen molar-refractivity contribution in [1.82, 2.24) is 4.98 Å². The normalized spacial score (nSPS) is 12.7. The van der Waals surface area contributed by atoms with Crippen LogP contribution < -0.4 is 25.9 Å². The largest absolute Gasteiger partial charge is 0.458 e. The highest BCUT2D eigenvalue weighted by atomic mass is 16.5. The molecule has 3 heterocycles. The van der Waals surface area contributed by atoms with E-state index in [1.807, 2.05) is 36.5 Å². The average molecular weight is 479 g/mol. The Hall–Kier alpha value is -4.31. The van der Waals surface area contributed by atoms with E-state index >= 15 is 0 Å². The summed E-state index contributed by atoms with van der Waals surface area (Å²) in [6, 6.07) is 27.5. The minimum absolute atomic E-state index is 0.0476. The number of nitrogens with zero attached hydrogens (tertiary/aromatic N) is 1. The van der Waals surface area contributed by atoms with Crippen molar-refractivity contribution in [2.75, 3.05) is 0 Å². The second-order valence-corrected chi connectivity index (χ2v) is 10.2. The maximum Gasteiger partial charge on any atom is 0.260 e. The van der Waals surface area contributed by atoms with Gasteiger partial charge < -0.3 is 9.47 Å². The van der Waals surface area contributed by atoms with E-state index in [1.165, 1.54) is 27.8 Å². The molecule has 0 N–H and O–H groups in total. The van der Waals surface area contributed by atoms with Crippen LogP contribution in [0.2, 0.25) is 0 Å². The number of hydrogen-bond donors (Lipinski definition) is 0. The summed E-state index contributed by atoms with van der Waals surface area (Å²) in [7, 11) is 0. The van der Waals surface area contributed by atoms with Crippen LogP contribution in [0.25, 0.3) is 22.4 Å². The van der Waals surface area contributed by atoms with E-state index in [0.29, 0.717) is 0 Å². The Balaban J connectivity index is 1.44. The molecule has 5 aromatic rings. The number of rotatable bonds is 2. The second-order valence-electron chi connectivity index (χ2n) is 10.2. The first-order valence-electron chi connectivity index (χ1n) is 12.8. The van der Waals surface area contributed by atoms with Gasteiger partial charge in [-0.25, -0.2) is 0 Å². The van der Waals surface area contributed by atoms with E-state index in [0.717, 1.165) is 56.2 Å². The summed E-state index contributed by atoms with van der Waals surface area (Å²) < 4.78 is 12.9. The fourth-order valence-electron chi connectivity index (χ4n) is 6.15. The molecule has 0 atom stereocenters. The third kappa shape index (κ3) is 3.32. The molecule has 4 heteroatoms. The molecule has 0 unspecified atom stereocenters. The molecule has 0 spiro atoms. The van der Waals surface area contributed by atoms with E-state index in [2.05, 4.69) is 76.2 Å². The van der Waals surface area contributed by atoms with Gasteiger partial charge in [-0.3, -0.25) is 4.98 Å². The lowest BCUT2D eigenvalue weighted by molar-refractivity contribution is 0.465. The van der Waals surface area contributed by atoms with Crippen LogP contribution in [-0.4, -0.2) is 11.7 Å². The van der Waals surface area contributed by atoms with Gasteiger partial charge in [-0.15, -0.1) is 0 Å². The summed E-state index contributed by atoms with van der Waals surface area (Å²) in [6.45, 7) is 8.73. The fraction of sp³-hybridized carbons (Fsp3) is 0.121. The predicted octanol–water partition coefficient (Wildman–Crippen LogP) is 6.38. The molecular formula is C33H26BNO2. The van der Waals surface area contributed by atoms with Gasteiger partial charge in [0.25, 0.3) is 6.71 Å². The zero-order chi connectivity index (χ0) is 25.3. The third-order valence-corrected chi connectivity index (χ3v) is 7.66. The molecule has 2 aliphatic rings. The molecule has 0 saturated carbocycles. The third-order valence-electron chi connectivity index (χ3n) is 7.66. The Morgan fingerprint density at radius 1 is 0.622 bits per heavy atom. The van der Waals surface area contributed by atoms with Crippen LogP contribution in [0.5, 0.6) is 23.0 Å². The minimum atomic E-state index is 0.0476. The Kier molecular flexibility index (Phi) is 4.81. The average Bonchev–Trinajstić information content (AvgIpc) is 2.89. The lowest BCUT2D eigenvalue weighted by atomic mass is 9.34.